The van der Waals surface area contributed by atoms with E-state index in [9.17, 15) is 5.26 Å². The Morgan fingerprint density at radius 1 is 1.26 bits per heavy atom. The number of hydrogen-bond donors (Lipinski definition) is 1. The first-order chi connectivity index (χ1) is 9.04. The van der Waals surface area contributed by atoms with Gasteiger partial charge >= 0.3 is 0 Å². The summed E-state index contributed by atoms with van der Waals surface area (Å²) in [6.07, 6.45) is 10.2. The van der Waals surface area contributed by atoms with Crippen LogP contribution in [0.2, 0.25) is 0 Å². The van der Waals surface area contributed by atoms with Crippen LogP contribution in [0.1, 0.15) is 65.2 Å². The minimum absolute atomic E-state index is 0.358. The van der Waals surface area contributed by atoms with Gasteiger partial charge in [-0.3, -0.25) is 5.32 Å². The molecule has 2 aliphatic carbocycles. The van der Waals surface area contributed by atoms with Gasteiger partial charge in [0.25, 0.3) is 0 Å². The minimum Gasteiger partial charge on any atom is -0.301 e. The summed E-state index contributed by atoms with van der Waals surface area (Å²) in [6.45, 7) is 4.34. The standard InChI is InChI=1S/C16H29N3/c1-13(19(3)15-7-5-4-6-8-15)11-16(2,12-17)18-14-9-10-14/h13-15,18H,4-11H2,1-3H3. The Morgan fingerprint density at radius 2 is 1.89 bits per heavy atom. The van der Waals surface area contributed by atoms with Crippen molar-refractivity contribution < 1.29 is 0 Å². The van der Waals surface area contributed by atoms with Crippen LogP contribution < -0.4 is 5.32 Å². The quantitative estimate of drug-likeness (QED) is 0.800. The minimum atomic E-state index is -0.358. The van der Waals surface area contributed by atoms with Gasteiger partial charge in [-0.2, -0.15) is 5.26 Å². The fourth-order valence-electron chi connectivity index (χ4n) is 3.40. The van der Waals surface area contributed by atoms with Crippen molar-refractivity contribution in [1.29, 1.82) is 5.26 Å². The fourth-order valence-corrected chi connectivity index (χ4v) is 3.40. The molecule has 0 radical (unpaired) electrons. The molecule has 0 aromatic carbocycles. The number of nitriles is 1. The third kappa shape index (κ3) is 4.19. The van der Waals surface area contributed by atoms with Crippen LogP contribution in [0.15, 0.2) is 0 Å². The lowest BCUT2D eigenvalue weighted by Gasteiger charge is -2.38. The summed E-state index contributed by atoms with van der Waals surface area (Å²) in [5.74, 6) is 0. The summed E-state index contributed by atoms with van der Waals surface area (Å²) in [7, 11) is 2.25. The number of rotatable bonds is 6. The Morgan fingerprint density at radius 3 is 2.42 bits per heavy atom. The monoisotopic (exact) mass is 263 g/mol. The van der Waals surface area contributed by atoms with Crippen molar-refractivity contribution in [2.75, 3.05) is 7.05 Å². The predicted molar refractivity (Wildman–Crippen MR) is 78.9 cm³/mol. The van der Waals surface area contributed by atoms with Gasteiger partial charge in [-0.25, -0.2) is 0 Å². The zero-order chi connectivity index (χ0) is 13.9. The molecule has 3 heteroatoms. The van der Waals surface area contributed by atoms with Gasteiger partial charge in [0.15, 0.2) is 0 Å². The van der Waals surface area contributed by atoms with E-state index in [1.54, 1.807) is 0 Å². The third-order valence-electron chi connectivity index (χ3n) is 4.90. The van der Waals surface area contributed by atoms with Crippen LogP contribution in [0.25, 0.3) is 0 Å². The van der Waals surface area contributed by atoms with Crippen molar-refractivity contribution >= 4 is 0 Å². The Hall–Kier alpha value is -0.590. The van der Waals surface area contributed by atoms with Gasteiger partial charge in [-0.05, 0) is 53.0 Å². The summed E-state index contributed by atoms with van der Waals surface area (Å²) in [5.41, 5.74) is -0.358. The average molecular weight is 263 g/mol. The molecule has 2 rings (SSSR count). The van der Waals surface area contributed by atoms with E-state index in [2.05, 4.69) is 37.2 Å². The van der Waals surface area contributed by atoms with Crippen LogP contribution in [0.5, 0.6) is 0 Å². The van der Waals surface area contributed by atoms with E-state index in [1.165, 1.54) is 44.9 Å². The summed E-state index contributed by atoms with van der Waals surface area (Å²) < 4.78 is 0. The third-order valence-corrected chi connectivity index (χ3v) is 4.90. The molecular formula is C16H29N3. The first-order valence-corrected chi connectivity index (χ1v) is 7.95. The van der Waals surface area contributed by atoms with Gasteiger partial charge in [0, 0.05) is 18.1 Å². The van der Waals surface area contributed by atoms with Gasteiger partial charge in [0.1, 0.15) is 5.54 Å². The van der Waals surface area contributed by atoms with Gasteiger partial charge in [0.05, 0.1) is 6.07 Å². The molecule has 0 saturated heterocycles. The van der Waals surface area contributed by atoms with E-state index in [0.717, 1.165) is 12.5 Å². The Bertz CT molecular complexity index is 325. The van der Waals surface area contributed by atoms with E-state index in [4.69, 9.17) is 0 Å². The number of nitrogens with one attached hydrogen (secondary N) is 1. The van der Waals surface area contributed by atoms with E-state index in [0.29, 0.717) is 12.1 Å². The van der Waals surface area contributed by atoms with Gasteiger partial charge < -0.3 is 4.90 Å². The van der Waals surface area contributed by atoms with Crippen LogP contribution in [-0.4, -0.2) is 35.6 Å². The molecule has 2 atom stereocenters. The zero-order valence-corrected chi connectivity index (χ0v) is 12.8. The van der Waals surface area contributed by atoms with E-state index in [1.807, 2.05) is 0 Å². The van der Waals surface area contributed by atoms with Crippen molar-refractivity contribution in [3.05, 3.63) is 0 Å². The zero-order valence-electron chi connectivity index (χ0n) is 12.8. The summed E-state index contributed by atoms with van der Waals surface area (Å²) in [5, 5.41) is 13.0. The van der Waals surface area contributed by atoms with Crippen LogP contribution in [-0.2, 0) is 0 Å². The SMILES string of the molecule is CC(CC(C)(C#N)NC1CC1)N(C)C1CCCCC1. The highest BCUT2D eigenvalue weighted by atomic mass is 15.2. The van der Waals surface area contributed by atoms with Crippen LogP contribution in [0, 0.1) is 11.3 Å². The maximum absolute atomic E-state index is 9.47. The molecule has 1 N–H and O–H groups in total. The van der Waals surface area contributed by atoms with Gasteiger partial charge in [0.2, 0.25) is 0 Å². The second kappa shape index (κ2) is 6.24. The lowest BCUT2D eigenvalue weighted by atomic mass is 9.90. The molecule has 2 unspecified atom stereocenters. The molecule has 0 aliphatic heterocycles. The summed E-state index contributed by atoms with van der Waals surface area (Å²) in [4.78, 5) is 2.52. The fraction of sp³-hybridized carbons (Fsp3) is 0.938. The van der Waals surface area contributed by atoms with E-state index >= 15 is 0 Å². The first-order valence-electron chi connectivity index (χ1n) is 7.95. The summed E-state index contributed by atoms with van der Waals surface area (Å²) >= 11 is 0. The molecule has 3 nitrogen and oxygen atoms in total. The first kappa shape index (κ1) is 14.8. The Labute approximate surface area is 118 Å². The highest BCUT2D eigenvalue weighted by Gasteiger charge is 2.35. The predicted octanol–water partition coefficient (Wildman–Crippen LogP) is 3.06. The summed E-state index contributed by atoms with van der Waals surface area (Å²) in [6, 6.07) is 4.30. The largest absolute Gasteiger partial charge is 0.301 e. The normalized spacial score (nSPS) is 25.8. The lowest BCUT2D eigenvalue weighted by Crippen LogP contribution is -2.49. The molecule has 0 bridgehead atoms. The smallest absolute Gasteiger partial charge is 0.105 e. The van der Waals surface area contributed by atoms with Gasteiger partial charge in [-0.1, -0.05) is 19.3 Å². The molecule has 0 heterocycles. The molecule has 2 aliphatic rings. The maximum Gasteiger partial charge on any atom is 0.105 e. The average Bonchev–Trinajstić information content (AvgIpc) is 3.22. The highest BCUT2D eigenvalue weighted by Crippen LogP contribution is 2.28. The van der Waals surface area contributed by atoms with E-state index < -0.39 is 0 Å². The van der Waals surface area contributed by atoms with Crippen molar-refractivity contribution in [1.82, 2.24) is 10.2 Å². The van der Waals surface area contributed by atoms with Crippen molar-refractivity contribution in [3.8, 4) is 6.07 Å². The number of hydrogen-bond acceptors (Lipinski definition) is 3. The molecule has 0 aromatic heterocycles. The Balaban J connectivity index is 1.86. The lowest BCUT2D eigenvalue weighted by molar-refractivity contribution is 0.126. The number of nitrogens with zero attached hydrogens (tertiary/aromatic N) is 2. The van der Waals surface area contributed by atoms with Crippen LogP contribution >= 0.6 is 0 Å². The molecule has 108 valence electrons. The Kier molecular flexibility index (Phi) is 4.86. The molecular weight excluding hydrogens is 234 g/mol. The molecule has 0 spiro atoms. The molecule has 0 aromatic rings. The van der Waals surface area contributed by atoms with Crippen molar-refractivity contribution in [2.45, 2.75) is 88.9 Å². The molecule has 2 fully saturated rings. The van der Waals surface area contributed by atoms with Crippen LogP contribution in [0.3, 0.4) is 0 Å². The molecule has 0 amide bonds. The molecule has 19 heavy (non-hydrogen) atoms. The van der Waals surface area contributed by atoms with Crippen LogP contribution in [0.4, 0.5) is 0 Å². The second-order valence-corrected chi connectivity index (χ2v) is 6.87. The van der Waals surface area contributed by atoms with Crippen molar-refractivity contribution in [2.24, 2.45) is 0 Å². The van der Waals surface area contributed by atoms with Gasteiger partial charge in [-0.15, -0.1) is 0 Å². The topological polar surface area (TPSA) is 39.1 Å². The second-order valence-electron chi connectivity index (χ2n) is 6.87. The van der Waals surface area contributed by atoms with E-state index in [-0.39, 0.29) is 5.54 Å². The van der Waals surface area contributed by atoms with Crippen molar-refractivity contribution in [3.63, 3.8) is 0 Å². The molecule has 2 saturated carbocycles. The highest BCUT2D eigenvalue weighted by molar-refractivity contribution is 5.08. The maximum atomic E-state index is 9.47.